The van der Waals surface area contributed by atoms with Crippen LogP contribution in [0.25, 0.3) is 0 Å². The molecule has 0 heterocycles. The molecule has 2 rings (SSSR count). The van der Waals surface area contributed by atoms with Gasteiger partial charge in [-0.3, -0.25) is 20.2 Å². The SMILES string of the molecule is CCOC(=O)C(CC(SSC(CC(C(=O)OCC)[N+](=O)[O-])c1ccccc1)c1ccccc1)[N+](=O)[O-]. The minimum absolute atomic E-state index is 0.0211. The van der Waals surface area contributed by atoms with Crippen LogP contribution in [0.4, 0.5) is 0 Å². The van der Waals surface area contributed by atoms with E-state index in [0.29, 0.717) is 0 Å². The van der Waals surface area contributed by atoms with E-state index in [1.807, 2.05) is 12.1 Å². The molecule has 2 aromatic rings. The van der Waals surface area contributed by atoms with Crippen LogP contribution in [0, 0.1) is 20.2 Å². The Morgan fingerprint density at radius 1 is 0.722 bits per heavy atom. The quantitative estimate of drug-likeness (QED) is 0.131. The lowest BCUT2D eigenvalue weighted by molar-refractivity contribution is -0.511. The average Bonchev–Trinajstić information content (AvgIpc) is 2.86. The van der Waals surface area contributed by atoms with E-state index < -0.39 is 44.4 Å². The Morgan fingerprint density at radius 2 is 1.06 bits per heavy atom. The number of ether oxygens (including phenoxy) is 2. The fourth-order valence-electron chi connectivity index (χ4n) is 3.35. The van der Waals surface area contributed by atoms with E-state index in [4.69, 9.17) is 9.47 Å². The monoisotopic (exact) mass is 536 g/mol. The molecule has 0 spiro atoms. The van der Waals surface area contributed by atoms with Gasteiger partial charge in [0.25, 0.3) is 0 Å². The second kappa shape index (κ2) is 15.1. The number of esters is 2. The maximum atomic E-state index is 12.3. The summed E-state index contributed by atoms with van der Waals surface area (Å²) in [7, 11) is 2.53. The van der Waals surface area contributed by atoms with Gasteiger partial charge in [-0.25, -0.2) is 9.59 Å². The highest BCUT2D eigenvalue weighted by molar-refractivity contribution is 8.76. The summed E-state index contributed by atoms with van der Waals surface area (Å²) < 4.78 is 9.80. The highest BCUT2D eigenvalue weighted by Crippen LogP contribution is 2.50. The Balaban J connectivity index is 2.33. The van der Waals surface area contributed by atoms with E-state index >= 15 is 0 Å². The van der Waals surface area contributed by atoms with Crippen LogP contribution in [0.15, 0.2) is 60.7 Å². The van der Waals surface area contributed by atoms with Crippen molar-refractivity contribution in [1.82, 2.24) is 0 Å². The molecular weight excluding hydrogens is 508 g/mol. The molecule has 0 aliphatic carbocycles. The fourth-order valence-corrected chi connectivity index (χ4v) is 6.62. The lowest BCUT2D eigenvalue weighted by atomic mass is 10.1. The van der Waals surface area contributed by atoms with Crippen molar-refractivity contribution in [2.45, 2.75) is 49.3 Å². The molecule has 12 heteroatoms. The molecule has 36 heavy (non-hydrogen) atoms. The molecule has 0 saturated carbocycles. The third-order valence-corrected chi connectivity index (χ3v) is 8.36. The molecule has 0 radical (unpaired) electrons. The van der Waals surface area contributed by atoms with Crippen LogP contribution in [0.3, 0.4) is 0 Å². The summed E-state index contributed by atoms with van der Waals surface area (Å²) in [6.45, 7) is 3.20. The van der Waals surface area contributed by atoms with Crippen LogP contribution < -0.4 is 0 Å². The minimum atomic E-state index is -1.57. The number of benzene rings is 2. The van der Waals surface area contributed by atoms with E-state index in [0.717, 1.165) is 11.1 Å². The number of hydrogen-bond acceptors (Lipinski definition) is 10. The molecule has 10 nitrogen and oxygen atoms in total. The van der Waals surface area contributed by atoms with Gasteiger partial charge in [-0.05, 0) is 25.0 Å². The molecule has 4 unspecified atom stereocenters. The zero-order valence-electron chi connectivity index (χ0n) is 19.9. The first-order valence-electron chi connectivity index (χ1n) is 11.3. The van der Waals surface area contributed by atoms with Crippen molar-refractivity contribution in [2.75, 3.05) is 13.2 Å². The minimum Gasteiger partial charge on any atom is -0.461 e. The van der Waals surface area contributed by atoms with Crippen molar-refractivity contribution in [2.24, 2.45) is 0 Å². The Labute approximate surface area is 216 Å². The molecule has 194 valence electrons. The number of carbonyl (C=O) groups excluding carboxylic acids is 2. The fraction of sp³-hybridized carbons (Fsp3) is 0.417. The second-order valence-corrected chi connectivity index (χ2v) is 10.2. The van der Waals surface area contributed by atoms with E-state index in [9.17, 15) is 29.8 Å². The van der Waals surface area contributed by atoms with Gasteiger partial charge in [-0.1, -0.05) is 82.3 Å². The van der Waals surface area contributed by atoms with Crippen molar-refractivity contribution in [3.8, 4) is 0 Å². The normalized spacial score (nSPS) is 14.2. The lowest BCUT2D eigenvalue weighted by Crippen LogP contribution is -2.33. The van der Waals surface area contributed by atoms with Crippen LogP contribution in [0.5, 0.6) is 0 Å². The molecule has 4 atom stereocenters. The zero-order chi connectivity index (χ0) is 26.5. The number of carbonyl (C=O) groups is 2. The van der Waals surface area contributed by atoms with Crippen LogP contribution in [0.2, 0.25) is 0 Å². The Hall–Kier alpha value is -3.12. The van der Waals surface area contributed by atoms with Gasteiger partial charge >= 0.3 is 24.0 Å². The summed E-state index contributed by atoms with van der Waals surface area (Å²) in [5.41, 5.74) is 1.52. The van der Waals surface area contributed by atoms with Gasteiger partial charge < -0.3 is 9.47 Å². The molecule has 0 fully saturated rings. The van der Waals surface area contributed by atoms with E-state index in [1.54, 1.807) is 62.4 Å². The summed E-state index contributed by atoms with van der Waals surface area (Å²) >= 11 is 0. The van der Waals surface area contributed by atoms with Crippen molar-refractivity contribution in [1.29, 1.82) is 0 Å². The largest absolute Gasteiger partial charge is 0.461 e. The summed E-state index contributed by atoms with van der Waals surface area (Å²) in [5.74, 6) is -1.83. The maximum Gasteiger partial charge on any atom is 0.381 e. The Bertz CT molecular complexity index is 928. The third-order valence-electron chi connectivity index (χ3n) is 5.13. The van der Waals surface area contributed by atoms with Gasteiger partial charge in [0, 0.05) is 33.2 Å². The Kier molecular flexibility index (Phi) is 12.2. The lowest BCUT2D eigenvalue weighted by Gasteiger charge is -2.22. The number of hydrogen-bond donors (Lipinski definition) is 0. The van der Waals surface area contributed by atoms with E-state index in [1.165, 1.54) is 21.6 Å². The molecule has 2 aromatic carbocycles. The first kappa shape index (κ1) is 29.1. The van der Waals surface area contributed by atoms with Crippen LogP contribution in [-0.4, -0.2) is 47.1 Å². The summed E-state index contributed by atoms with van der Waals surface area (Å²) in [4.78, 5) is 46.5. The zero-order valence-corrected chi connectivity index (χ0v) is 21.5. The summed E-state index contributed by atoms with van der Waals surface area (Å²) in [6, 6.07) is 14.8. The second-order valence-electron chi connectivity index (χ2n) is 7.57. The average molecular weight is 537 g/mol. The van der Waals surface area contributed by atoms with Gasteiger partial charge in [0.2, 0.25) is 0 Å². The van der Waals surface area contributed by atoms with Crippen LogP contribution >= 0.6 is 21.6 Å². The van der Waals surface area contributed by atoms with Crippen LogP contribution in [-0.2, 0) is 19.1 Å². The smallest absolute Gasteiger partial charge is 0.381 e. The predicted molar refractivity (Wildman–Crippen MR) is 138 cm³/mol. The molecule has 0 saturated heterocycles. The summed E-state index contributed by atoms with van der Waals surface area (Å²) in [5, 5.41) is 22.3. The van der Waals surface area contributed by atoms with Gasteiger partial charge in [-0.2, -0.15) is 0 Å². The van der Waals surface area contributed by atoms with Crippen molar-refractivity contribution >= 4 is 33.5 Å². The molecule has 0 bridgehead atoms. The van der Waals surface area contributed by atoms with Gasteiger partial charge in [0.1, 0.15) is 0 Å². The van der Waals surface area contributed by atoms with Crippen molar-refractivity contribution in [3.63, 3.8) is 0 Å². The molecule has 0 N–H and O–H groups in total. The van der Waals surface area contributed by atoms with Crippen LogP contribution in [0.1, 0.15) is 48.3 Å². The molecule has 0 aliphatic heterocycles. The first-order valence-corrected chi connectivity index (χ1v) is 13.6. The molecular formula is C24H28N2O8S2. The van der Waals surface area contributed by atoms with E-state index in [-0.39, 0.29) is 26.1 Å². The number of rotatable bonds is 15. The number of nitrogens with zero attached hydrogens (tertiary/aromatic N) is 2. The molecule has 0 aromatic heterocycles. The third kappa shape index (κ3) is 8.83. The molecule has 0 amide bonds. The van der Waals surface area contributed by atoms with Gasteiger partial charge in [0.15, 0.2) is 0 Å². The highest BCUT2D eigenvalue weighted by atomic mass is 33.1. The summed E-state index contributed by atoms with van der Waals surface area (Å²) in [6.07, 6.45) is -0.267. The number of nitro groups is 2. The molecule has 0 aliphatic rings. The van der Waals surface area contributed by atoms with Gasteiger partial charge in [-0.15, -0.1) is 0 Å². The Morgan fingerprint density at radius 3 is 1.33 bits per heavy atom. The standard InChI is InChI=1S/C24H28N2O8S2/c1-3-33-23(27)19(25(29)30)15-21(17-11-7-5-8-12-17)35-36-22(18-13-9-6-10-14-18)16-20(26(31)32)24(28)34-4-2/h5-14,19-22H,3-4,15-16H2,1-2H3. The first-order chi connectivity index (χ1) is 17.3. The maximum absolute atomic E-state index is 12.3. The highest BCUT2D eigenvalue weighted by Gasteiger charge is 2.38. The van der Waals surface area contributed by atoms with E-state index in [2.05, 4.69) is 0 Å². The van der Waals surface area contributed by atoms with Crippen molar-refractivity contribution < 1.29 is 28.9 Å². The van der Waals surface area contributed by atoms with Gasteiger partial charge in [0.05, 0.1) is 13.2 Å². The topological polar surface area (TPSA) is 139 Å². The van der Waals surface area contributed by atoms with Crippen molar-refractivity contribution in [3.05, 3.63) is 92.0 Å². The predicted octanol–water partition coefficient (Wildman–Crippen LogP) is 5.05.